The Morgan fingerprint density at radius 1 is 1.16 bits per heavy atom. The zero-order valence-electron chi connectivity index (χ0n) is 18.2. The Kier molecular flexibility index (Phi) is 5.21. The molecule has 0 amide bonds. The lowest BCUT2D eigenvalue weighted by atomic mass is 9.86. The van der Waals surface area contributed by atoms with Gasteiger partial charge in [0.05, 0.1) is 12.5 Å². The molecule has 2 aliphatic rings. The second-order valence-corrected chi connectivity index (χ2v) is 9.15. The van der Waals surface area contributed by atoms with Crippen molar-refractivity contribution in [2.45, 2.75) is 64.8 Å². The van der Waals surface area contributed by atoms with Crippen molar-refractivity contribution in [2.75, 3.05) is 0 Å². The van der Waals surface area contributed by atoms with Crippen molar-refractivity contribution in [3.63, 3.8) is 0 Å². The van der Waals surface area contributed by atoms with E-state index in [0.29, 0.717) is 12.8 Å². The number of rotatable bonds is 3. The molecule has 2 aliphatic heterocycles. The lowest BCUT2D eigenvalue weighted by molar-refractivity contribution is -0.0417. The van der Waals surface area contributed by atoms with Crippen LogP contribution in [0, 0.1) is 0 Å². The lowest BCUT2D eigenvalue weighted by Crippen LogP contribution is -2.46. The minimum absolute atomic E-state index is 0.0705. The van der Waals surface area contributed by atoms with E-state index in [9.17, 15) is 20.1 Å². The summed E-state index contributed by atoms with van der Waals surface area (Å²) < 4.78 is 12.2. The number of carbonyl (C=O) groups excluding carboxylic acids is 1. The summed E-state index contributed by atoms with van der Waals surface area (Å²) in [7, 11) is 0. The summed E-state index contributed by atoms with van der Waals surface area (Å²) in [5.41, 5.74) is 3.22. The van der Waals surface area contributed by atoms with Gasteiger partial charge in [0.25, 0.3) is 0 Å². The van der Waals surface area contributed by atoms with Gasteiger partial charge in [-0.15, -0.1) is 0 Å². The van der Waals surface area contributed by atoms with E-state index >= 15 is 0 Å². The van der Waals surface area contributed by atoms with Gasteiger partial charge in [-0.2, -0.15) is 0 Å². The molecule has 4 rings (SSSR count). The van der Waals surface area contributed by atoms with Crippen molar-refractivity contribution >= 4 is 5.78 Å². The highest BCUT2D eigenvalue weighted by Gasteiger charge is 2.38. The number of fused-ring (bicyclic) bond motifs is 2. The number of phenolic OH excluding ortho intramolecular Hbond substituents is 2. The molecule has 6 heteroatoms. The molecule has 0 fully saturated rings. The standard InChI is InChI=1S/C25H28O6/c1-13(2)5-6-14-7-15(8-16-9-22(29)25(3,4)31-24(14)16)20-12-19(28)23-18(27)10-17(26)11-21(23)30-20/h5,7-8,10-11,20,22,26-27,29H,6,9,12H2,1-4H3/t20-,22-/m0/s1. The Bertz CT molecular complexity index is 1080. The molecule has 164 valence electrons. The van der Waals surface area contributed by atoms with Crippen molar-refractivity contribution in [3.8, 4) is 23.0 Å². The molecule has 0 saturated carbocycles. The summed E-state index contributed by atoms with van der Waals surface area (Å²) in [5.74, 6) is 0.240. The molecule has 31 heavy (non-hydrogen) atoms. The van der Waals surface area contributed by atoms with Crippen LogP contribution in [0.3, 0.4) is 0 Å². The number of aliphatic hydroxyl groups is 1. The van der Waals surface area contributed by atoms with E-state index in [0.717, 1.165) is 28.5 Å². The van der Waals surface area contributed by atoms with Crippen molar-refractivity contribution in [2.24, 2.45) is 0 Å². The Labute approximate surface area is 181 Å². The van der Waals surface area contributed by atoms with Crippen LogP contribution in [-0.4, -0.2) is 32.8 Å². The van der Waals surface area contributed by atoms with Crippen molar-refractivity contribution in [3.05, 3.63) is 58.2 Å². The first-order valence-electron chi connectivity index (χ1n) is 10.5. The summed E-state index contributed by atoms with van der Waals surface area (Å²) >= 11 is 0. The second kappa shape index (κ2) is 7.61. The summed E-state index contributed by atoms with van der Waals surface area (Å²) in [6.07, 6.45) is 2.06. The molecule has 6 nitrogen and oxygen atoms in total. The number of aromatic hydroxyl groups is 2. The molecule has 0 saturated heterocycles. The van der Waals surface area contributed by atoms with Gasteiger partial charge in [0, 0.05) is 18.6 Å². The number of benzene rings is 2. The first-order chi connectivity index (χ1) is 14.5. The molecule has 2 atom stereocenters. The Morgan fingerprint density at radius 2 is 1.90 bits per heavy atom. The Balaban J connectivity index is 1.77. The van der Waals surface area contributed by atoms with Crippen LogP contribution in [0.15, 0.2) is 35.9 Å². The number of ether oxygens (including phenoxy) is 2. The van der Waals surface area contributed by atoms with Gasteiger partial charge in [-0.05, 0) is 62.9 Å². The number of carbonyl (C=O) groups is 1. The lowest BCUT2D eigenvalue weighted by Gasteiger charge is -2.38. The zero-order valence-corrected chi connectivity index (χ0v) is 18.2. The van der Waals surface area contributed by atoms with Crippen LogP contribution in [0.25, 0.3) is 0 Å². The van der Waals surface area contributed by atoms with Crippen LogP contribution in [0.4, 0.5) is 0 Å². The van der Waals surface area contributed by atoms with Crippen molar-refractivity contribution in [1.29, 1.82) is 0 Å². The fraction of sp³-hybridized carbons (Fsp3) is 0.400. The molecule has 2 aromatic carbocycles. The smallest absolute Gasteiger partial charge is 0.174 e. The zero-order chi connectivity index (χ0) is 22.5. The number of aliphatic hydroxyl groups excluding tert-OH is 1. The van der Waals surface area contributed by atoms with Crippen LogP contribution in [-0.2, 0) is 12.8 Å². The Hall–Kier alpha value is -2.99. The quantitative estimate of drug-likeness (QED) is 0.633. The van der Waals surface area contributed by atoms with Gasteiger partial charge in [0.1, 0.15) is 40.3 Å². The Morgan fingerprint density at radius 3 is 2.61 bits per heavy atom. The molecule has 0 aliphatic carbocycles. The number of Topliss-reactive ketones (excluding diaryl/α,β-unsaturated/α-hetero) is 1. The molecule has 0 radical (unpaired) electrons. The number of hydrogen-bond donors (Lipinski definition) is 3. The molecule has 0 aromatic heterocycles. The number of allylic oxidation sites excluding steroid dienone is 2. The SMILES string of the molecule is CC(C)=CCc1cc([C@@H]2CC(=O)c3c(O)cc(O)cc3O2)cc2c1OC(C)(C)[C@@H](O)C2. The summed E-state index contributed by atoms with van der Waals surface area (Å²) in [6.45, 7) is 7.81. The second-order valence-electron chi connectivity index (χ2n) is 9.15. The maximum atomic E-state index is 12.7. The fourth-order valence-electron chi connectivity index (χ4n) is 4.11. The largest absolute Gasteiger partial charge is 0.508 e. The molecular formula is C25H28O6. The number of hydrogen-bond acceptors (Lipinski definition) is 6. The highest BCUT2D eigenvalue weighted by molar-refractivity contribution is 6.02. The van der Waals surface area contributed by atoms with E-state index in [2.05, 4.69) is 6.08 Å². The van der Waals surface area contributed by atoms with Gasteiger partial charge in [-0.25, -0.2) is 0 Å². The van der Waals surface area contributed by atoms with Gasteiger partial charge in [0.15, 0.2) is 5.78 Å². The third-order valence-electron chi connectivity index (χ3n) is 5.93. The first-order valence-corrected chi connectivity index (χ1v) is 10.5. The van der Waals surface area contributed by atoms with Gasteiger partial charge >= 0.3 is 0 Å². The monoisotopic (exact) mass is 424 g/mol. The van der Waals surface area contributed by atoms with Gasteiger partial charge in [0.2, 0.25) is 0 Å². The topological polar surface area (TPSA) is 96.2 Å². The van der Waals surface area contributed by atoms with Gasteiger partial charge in [-0.1, -0.05) is 11.6 Å². The normalized spacial score (nSPS) is 21.4. The van der Waals surface area contributed by atoms with Crippen LogP contribution >= 0.6 is 0 Å². The number of ketones is 1. The van der Waals surface area contributed by atoms with Crippen LogP contribution in [0.1, 0.15) is 67.3 Å². The van der Waals surface area contributed by atoms with Crippen molar-refractivity contribution in [1.82, 2.24) is 0 Å². The highest BCUT2D eigenvalue weighted by atomic mass is 16.5. The van der Waals surface area contributed by atoms with E-state index < -0.39 is 17.8 Å². The molecule has 2 aromatic rings. The van der Waals surface area contributed by atoms with Crippen LogP contribution < -0.4 is 9.47 Å². The predicted octanol–water partition coefficient (Wildman–Crippen LogP) is 4.39. The van der Waals surface area contributed by atoms with Gasteiger partial charge < -0.3 is 24.8 Å². The third-order valence-corrected chi connectivity index (χ3v) is 5.93. The average molecular weight is 424 g/mol. The van der Waals surface area contributed by atoms with Crippen molar-refractivity contribution < 1.29 is 29.6 Å². The molecule has 0 bridgehead atoms. The highest BCUT2D eigenvalue weighted by Crippen LogP contribution is 2.44. The fourth-order valence-corrected chi connectivity index (χ4v) is 4.11. The summed E-state index contributed by atoms with van der Waals surface area (Å²) in [5, 5.41) is 30.4. The van der Waals surface area contributed by atoms with Crippen LogP contribution in [0.2, 0.25) is 0 Å². The molecule has 2 heterocycles. The maximum absolute atomic E-state index is 12.7. The molecular weight excluding hydrogens is 396 g/mol. The maximum Gasteiger partial charge on any atom is 0.174 e. The predicted molar refractivity (Wildman–Crippen MR) is 116 cm³/mol. The summed E-state index contributed by atoms with van der Waals surface area (Å²) in [4.78, 5) is 12.7. The molecule has 0 unspecified atom stereocenters. The molecule has 0 spiro atoms. The summed E-state index contributed by atoms with van der Waals surface area (Å²) in [6, 6.07) is 6.39. The van der Waals surface area contributed by atoms with E-state index in [1.165, 1.54) is 11.6 Å². The van der Waals surface area contributed by atoms with E-state index in [4.69, 9.17) is 9.47 Å². The minimum Gasteiger partial charge on any atom is -0.508 e. The average Bonchev–Trinajstić information content (AvgIpc) is 2.65. The molecule has 3 N–H and O–H groups in total. The third kappa shape index (κ3) is 4.00. The minimum atomic E-state index is -0.695. The van der Waals surface area contributed by atoms with Crippen LogP contribution in [0.5, 0.6) is 23.0 Å². The van der Waals surface area contributed by atoms with Gasteiger partial charge in [-0.3, -0.25) is 4.79 Å². The number of phenols is 2. The van der Waals surface area contributed by atoms with E-state index in [1.807, 2.05) is 39.8 Å². The van der Waals surface area contributed by atoms with E-state index in [-0.39, 0.29) is 35.0 Å². The van der Waals surface area contributed by atoms with E-state index in [1.54, 1.807) is 0 Å². The first kappa shape index (κ1) is 21.2.